The van der Waals surface area contributed by atoms with Gasteiger partial charge >= 0.3 is 0 Å². The monoisotopic (exact) mass is 334 g/mol. The lowest BCUT2D eigenvalue weighted by Crippen LogP contribution is -2.27. The van der Waals surface area contributed by atoms with Crippen molar-refractivity contribution in [2.24, 2.45) is 0 Å². The van der Waals surface area contributed by atoms with Gasteiger partial charge in [0.25, 0.3) is 6.48 Å². The van der Waals surface area contributed by atoms with Gasteiger partial charge < -0.3 is 14.2 Å². The van der Waals surface area contributed by atoms with Crippen LogP contribution in [0.2, 0.25) is 0 Å². The minimum Gasteiger partial charge on any atom is -0.330 e. The fraction of sp³-hybridized carbons (Fsp3) is 1.00. The van der Waals surface area contributed by atoms with E-state index in [1.54, 1.807) is 0 Å². The van der Waals surface area contributed by atoms with Crippen molar-refractivity contribution in [2.75, 3.05) is 19.0 Å². The number of ether oxygens (including phenoxy) is 3. The lowest BCUT2D eigenvalue weighted by Gasteiger charge is -2.24. The molecule has 0 N–H and O–H groups in total. The van der Waals surface area contributed by atoms with Crippen LogP contribution in [0.25, 0.3) is 0 Å². The summed E-state index contributed by atoms with van der Waals surface area (Å²) in [5.41, 5.74) is 0. The van der Waals surface area contributed by atoms with Gasteiger partial charge in [0.05, 0.1) is 6.10 Å². The standard InChI is InChI=1S/C18H38O3S/c1-4-7-8-9-10-11-12-14-17(15-13-16-22)21-18(19-5-2)20-6-3/h17-18,22H,4-16H2,1-3H3. The van der Waals surface area contributed by atoms with E-state index in [9.17, 15) is 0 Å². The van der Waals surface area contributed by atoms with Crippen LogP contribution in [0, 0.1) is 0 Å². The predicted octanol–water partition coefficient (Wildman–Crippen LogP) is 5.58. The van der Waals surface area contributed by atoms with Crippen molar-refractivity contribution in [1.82, 2.24) is 0 Å². The zero-order valence-electron chi connectivity index (χ0n) is 15.0. The summed E-state index contributed by atoms with van der Waals surface area (Å²) in [6.45, 7) is 6.91. The van der Waals surface area contributed by atoms with Gasteiger partial charge in [-0.1, -0.05) is 51.9 Å². The molecule has 0 aliphatic heterocycles. The fourth-order valence-electron chi connectivity index (χ4n) is 2.48. The Morgan fingerprint density at radius 2 is 1.27 bits per heavy atom. The second kappa shape index (κ2) is 17.6. The molecule has 0 spiro atoms. The van der Waals surface area contributed by atoms with Gasteiger partial charge in [-0.3, -0.25) is 0 Å². The zero-order chi connectivity index (χ0) is 16.5. The Balaban J connectivity index is 3.94. The molecular weight excluding hydrogens is 296 g/mol. The van der Waals surface area contributed by atoms with Crippen molar-refractivity contribution in [3.8, 4) is 0 Å². The highest BCUT2D eigenvalue weighted by molar-refractivity contribution is 7.80. The van der Waals surface area contributed by atoms with Crippen molar-refractivity contribution in [1.29, 1.82) is 0 Å². The molecule has 4 heteroatoms. The average molecular weight is 335 g/mol. The van der Waals surface area contributed by atoms with Gasteiger partial charge in [-0.15, -0.1) is 0 Å². The van der Waals surface area contributed by atoms with E-state index >= 15 is 0 Å². The van der Waals surface area contributed by atoms with Crippen LogP contribution in [-0.2, 0) is 14.2 Å². The first-order valence-electron chi connectivity index (χ1n) is 9.27. The molecule has 0 saturated heterocycles. The molecule has 3 nitrogen and oxygen atoms in total. The van der Waals surface area contributed by atoms with E-state index in [0.717, 1.165) is 25.0 Å². The summed E-state index contributed by atoms with van der Waals surface area (Å²) in [5.74, 6) is 0.908. The molecule has 1 unspecified atom stereocenters. The Kier molecular flexibility index (Phi) is 17.8. The minimum absolute atomic E-state index is 0.228. The van der Waals surface area contributed by atoms with Gasteiger partial charge in [0, 0.05) is 13.2 Å². The largest absolute Gasteiger partial charge is 0.330 e. The molecule has 0 heterocycles. The Bertz CT molecular complexity index is 209. The van der Waals surface area contributed by atoms with Gasteiger partial charge in [0.1, 0.15) is 0 Å². The lowest BCUT2D eigenvalue weighted by molar-refractivity contribution is -0.302. The summed E-state index contributed by atoms with van der Waals surface area (Å²) < 4.78 is 17.0. The first-order chi connectivity index (χ1) is 10.8. The SMILES string of the molecule is CCCCCCCCCC(CCCS)OC(OCC)OCC. The van der Waals surface area contributed by atoms with Crippen LogP contribution in [0.15, 0.2) is 0 Å². The molecule has 0 aromatic rings. The summed E-state index contributed by atoms with van der Waals surface area (Å²) in [7, 11) is 0. The van der Waals surface area contributed by atoms with Gasteiger partial charge in [0.2, 0.25) is 0 Å². The number of thiol groups is 1. The molecule has 22 heavy (non-hydrogen) atoms. The van der Waals surface area contributed by atoms with Gasteiger partial charge in [-0.25, -0.2) is 0 Å². The molecular formula is C18H38O3S. The summed E-state index contributed by atoms with van der Waals surface area (Å²) in [4.78, 5) is 0. The molecule has 0 aromatic carbocycles. The highest BCUT2D eigenvalue weighted by atomic mass is 32.1. The molecule has 0 bridgehead atoms. The third-order valence-corrected chi connectivity index (χ3v) is 4.04. The number of unbranched alkanes of at least 4 members (excludes halogenated alkanes) is 6. The van der Waals surface area contributed by atoms with E-state index in [4.69, 9.17) is 14.2 Å². The van der Waals surface area contributed by atoms with Crippen LogP contribution < -0.4 is 0 Å². The smallest absolute Gasteiger partial charge is 0.271 e. The first-order valence-corrected chi connectivity index (χ1v) is 9.91. The van der Waals surface area contributed by atoms with Gasteiger partial charge in [-0.2, -0.15) is 12.6 Å². The van der Waals surface area contributed by atoms with Crippen molar-refractivity contribution < 1.29 is 14.2 Å². The van der Waals surface area contributed by atoms with Crippen LogP contribution in [0.4, 0.5) is 0 Å². The summed E-state index contributed by atoms with van der Waals surface area (Å²) in [5, 5.41) is 0. The molecule has 0 radical (unpaired) electrons. The van der Waals surface area contributed by atoms with Crippen molar-refractivity contribution >= 4 is 12.6 Å². The Hall–Kier alpha value is 0.230. The summed E-state index contributed by atoms with van der Waals surface area (Å²) in [6, 6.07) is 0. The number of hydrogen-bond donors (Lipinski definition) is 1. The zero-order valence-corrected chi connectivity index (χ0v) is 15.9. The highest BCUT2D eigenvalue weighted by Crippen LogP contribution is 2.17. The Labute approximate surface area is 143 Å². The predicted molar refractivity (Wildman–Crippen MR) is 97.6 cm³/mol. The van der Waals surface area contributed by atoms with E-state index in [-0.39, 0.29) is 6.10 Å². The second-order valence-electron chi connectivity index (χ2n) is 5.73. The quantitative estimate of drug-likeness (QED) is 0.214. The van der Waals surface area contributed by atoms with E-state index in [1.807, 2.05) is 13.8 Å². The maximum Gasteiger partial charge on any atom is 0.271 e. The fourth-order valence-corrected chi connectivity index (χ4v) is 2.67. The first kappa shape index (κ1) is 22.2. The van der Waals surface area contributed by atoms with Crippen LogP contribution in [-0.4, -0.2) is 31.5 Å². The maximum atomic E-state index is 6.00. The van der Waals surface area contributed by atoms with E-state index < -0.39 is 6.48 Å². The number of hydrogen-bond acceptors (Lipinski definition) is 4. The molecule has 134 valence electrons. The minimum atomic E-state index is -0.510. The Morgan fingerprint density at radius 1 is 0.727 bits per heavy atom. The van der Waals surface area contributed by atoms with Gasteiger partial charge in [0.15, 0.2) is 0 Å². The number of rotatable bonds is 17. The molecule has 0 saturated carbocycles. The highest BCUT2D eigenvalue weighted by Gasteiger charge is 2.16. The van der Waals surface area contributed by atoms with Crippen LogP contribution >= 0.6 is 12.6 Å². The normalized spacial score (nSPS) is 13.0. The summed E-state index contributed by atoms with van der Waals surface area (Å²) >= 11 is 4.31. The molecule has 0 rings (SSSR count). The second-order valence-corrected chi connectivity index (χ2v) is 6.18. The maximum absolute atomic E-state index is 6.00. The Morgan fingerprint density at radius 3 is 1.82 bits per heavy atom. The third-order valence-electron chi connectivity index (χ3n) is 3.72. The van der Waals surface area contributed by atoms with Crippen LogP contribution in [0.5, 0.6) is 0 Å². The molecule has 0 fully saturated rings. The van der Waals surface area contributed by atoms with E-state index in [1.165, 1.54) is 44.9 Å². The topological polar surface area (TPSA) is 27.7 Å². The molecule has 0 aliphatic carbocycles. The van der Waals surface area contributed by atoms with Crippen molar-refractivity contribution in [3.05, 3.63) is 0 Å². The van der Waals surface area contributed by atoms with Crippen molar-refractivity contribution in [2.45, 2.75) is 97.6 Å². The van der Waals surface area contributed by atoms with E-state index in [0.29, 0.717) is 13.2 Å². The van der Waals surface area contributed by atoms with E-state index in [2.05, 4.69) is 19.6 Å². The third kappa shape index (κ3) is 13.9. The molecule has 0 aromatic heterocycles. The average Bonchev–Trinajstić information content (AvgIpc) is 2.51. The van der Waals surface area contributed by atoms with Crippen LogP contribution in [0.1, 0.15) is 85.0 Å². The molecule has 0 aliphatic rings. The van der Waals surface area contributed by atoms with Gasteiger partial charge in [-0.05, 0) is 38.9 Å². The summed E-state index contributed by atoms with van der Waals surface area (Å²) in [6.07, 6.45) is 12.8. The molecule has 1 atom stereocenters. The lowest BCUT2D eigenvalue weighted by atomic mass is 10.0. The van der Waals surface area contributed by atoms with Crippen LogP contribution in [0.3, 0.4) is 0 Å². The van der Waals surface area contributed by atoms with Crippen molar-refractivity contribution in [3.63, 3.8) is 0 Å². The molecule has 0 amide bonds.